The van der Waals surface area contributed by atoms with Crippen molar-refractivity contribution >= 4 is 23.2 Å². The number of hydrogen-bond acceptors (Lipinski definition) is 4. The molecule has 1 aliphatic rings. The van der Waals surface area contributed by atoms with Crippen LogP contribution in [-0.4, -0.2) is 22.6 Å². The van der Waals surface area contributed by atoms with Gasteiger partial charge in [-0.2, -0.15) is 0 Å². The molecule has 1 aliphatic heterocycles. The quantitative estimate of drug-likeness (QED) is 0.870. The number of amides is 2. The summed E-state index contributed by atoms with van der Waals surface area (Å²) in [5.41, 5.74) is 1.25. The van der Waals surface area contributed by atoms with Crippen LogP contribution in [-0.2, 0) is 6.42 Å². The van der Waals surface area contributed by atoms with Gasteiger partial charge in [-0.1, -0.05) is 5.16 Å². The lowest BCUT2D eigenvalue weighted by molar-refractivity contribution is 0.189. The molecule has 6 heteroatoms. The van der Waals surface area contributed by atoms with Crippen LogP contribution in [0.4, 0.5) is 10.6 Å². The lowest BCUT2D eigenvalue weighted by Crippen LogP contribution is -2.41. The lowest BCUT2D eigenvalue weighted by Gasteiger charge is -2.33. The SMILES string of the molecule is Cc1cc(NC(=O)N2CCc3sccc3C2C)no1. The molecule has 5 nitrogen and oxygen atoms in total. The van der Waals surface area contributed by atoms with E-state index in [0.717, 1.165) is 13.0 Å². The Morgan fingerprint density at radius 3 is 3.21 bits per heavy atom. The van der Waals surface area contributed by atoms with Crippen molar-refractivity contribution < 1.29 is 9.32 Å². The third-order valence-electron chi connectivity index (χ3n) is 3.40. The van der Waals surface area contributed by atoms with E-state index in [1.54, 1.807) is 24.3 Å². The highest BCUT2D eigenvalue weighted by atomic mass is 32.1. The standard InChI is InChI=1S/C13H15N3O2S/c1-8-7-12(15-18-8)14-13(17)16-5-3-11-10(9(16)2)4-6-19-11/h4,6-7,9H,3,5H2,1-2H3,(H,14,15,17). The van der Waals surface area contributed by atoms with Crippen LogP contribution in [0.15, 0.2) is 22.0 Å². The number of thiophene rings is 1. The van der Waals surface area contributed by atoms with Gasteiger partial charge in [-0.15, -0.1) is 11.3 Å². The number of fused-ring (bicyclic) bond motifs is 1. The molecule has 0 aliphatic carbocycles. The molecule has 0 spiro atoms. The molecule has 1 N–H and O–H groups in total. The molecule has 100 valence electrons. The molecule has 0 saturated heterocycles. The van der Waals surface area contributed by atoms with E-state index in [-0.39, 0.29) is 12.1 Å². The number of carbonyl (C=O) groups is 1. The molecule has 2 amide bonds. The minimum absolute atomic E-state index is 0.1000. The van der Waals surface area contributed by atoms with Crippen LogP contribution in [0, 0.1) is 6.92 Å². The average molecular weight is 277 g/mol. The number of urea groups is 1. The normalized spacial score (nSPS) is 18.2. The Kier molecular flexibility index (Phi) is 3.02. The molecule has 1 atom stereocenters. The van der Waals surface area contributed by atoms with Gasteiger partial charge in [0.2, 0.25) is 0 Å². The zero-order valence-electron chi connectivity index (χ0n) is 10.8. The fourth-order valence-electron chi connectivity index (χ4n) is 2.39. The van der Waals surface area contributed by atoms with Crippen LogP contribution in [0.2, 0.25) is 0 Å². The van der Waals surface area contributed by atoms with Gasteiger partial charge in [-0.3, -0.25) is 5.32 Å². The van der Waals surface area contributed by atoms with Crippen LogP contribution in [0.25, 0.3) is 0 Å². The molecule has 2 aromatic heterocycles. The summed E-state index contributed by atoms with van der Waals surface area (Å²) in [7, 11) is 0. The summed E-state index contributed by atoms with van der Waals surface area (Å²) in [6, 6.07) is 3.79. The summed E-state index contributed by atoms with van der Waals surface area (Å²) < 4.78 is 4.94. The third-order valence-corrected chi connectivity index (χ3v) is 4.40. The molecule has 3 rings (SSSR count). The number of aryl methyl sites for hydroxylation is 1. The minimum Gasteiger partial charge on any atom is -0.360 e. The van der Waals surface area contributed by atoms with Gasteiger partial charge in [0.25, 0.3) is 0 Å². The summed E-state index contributed by atoms with van der Waals surface area (Å²) >= 11 is 1.76. The van der Waals surface area contributed by atoms with Crippen LogP contribution in [0.3, 0.4) is 0 Å². The summed E-state index contributed by atoms with van der Waals surface area (Å²) in [6.07, 6.45) is 0.919. The summed E-state index contributed by atoms with van der Waals surface area (Å²) in [4.78, 5) is 15.5. The molecule has 0 aromatic carbocycles. The van der Waals surface area contributed by atoms with Gasteiger partial charge in [-0.05, 0) is 37.3 Å². The maximum Gasteiger partial charge on any atom is 0.323 e. The molecule has 0 fully saturated rings. The van der Waals surface area contributed by atoms with Gasteiger partial charge in [0.05, 0.1) is 6.04 Å². The van der Waals surface area contributed by atoms with Crippen LogP contribution >= 0.6 is 11.3 Å². The van der Waals surface area contributed by atoms with E-state index in [9.17, 15) is 4.79 Å². The second-order valence-electron chi connectivity index (χ2n) is 4.67. The van der Waals surface area contributed by atoms with E-state index in [2.05, 4.69) is 28.8 Å². The predicted molar refractivity (Wildman–Crippen MR) is 73.4 cm³/mol. The monoisotopic (exact) mass is 277 g/mol. The van der Waals surface area contributed by atoms with Gasteiger partial charge in [0.15, 0.2) is 5.82 Å². The first-order valence-electron chi connectivity index (χ1n) is 6.22. The maximum absolute atomic E-state index is 12.3. The molecule has 19 heavy (non-hydrogen) atoms. The first-order chi connectivity index (χ1) is 9.15. The third kappa shape index (κ3) is 2.23. The Hall–Kier alpha value is -1.82. The summed E-state index contributed by atoms with van der Waals surface area (Å²) in [6.45, 7) is 4.58. The Bertz CT molecular complexity index is 605. The number of hydrogen-bond donors (Lipinski definition) is 1. The average Bonchev–Trinajstić information content (AvgIpc) is 2.99. The number of rotatable bonds is 1. The topological polar surface area (TPSA) is 58.4 Å². The smallest absolute Gasteiger partial charge is 0.323 e. The zero-order valence-corrected chi connectivity index (χ0v) is 11.7. The highest BCUT2D eigenvalue weighted by Gasteiger charge is 2.28. The second-order valence-corrected chi connectivity index (χ2v) is 5.67. The fraction of sp³-hybridized carbons (Fsp3) is 0.385. The number of carbonyl (C=O) groups excluding carboxylic acids is 1. The van der Waals surface area contributed by atoms with Crippen molar-refractivity contribution in [3.8, 4) is 0 Å². The van der Waals surface area contributed by atoms with E-state index in [1.807, 2.05) is 4.90 Å². The summed E-state index contributed by atoms with van der Waals surface area (Å²) in [5, 5.41) is 8.64. The van der Waals surface area contributed by atoms with Crippen LogP contribution < -0.4 is 5.32 Å². The molecule has 0 bridgehead atoms. The first kappa shape index (κ1) is 12.2. The van der Waals surface area contributed by atoms with E-state index < -0.39 is 0 Å². The summed E-state index contributed by atoms with van der Waals surface area (Å²) in [5.74, 6) is 1.15. The van der Waals surface area contributed by atoms with Gasteiger partial charge in [0.1, 0.15) is 5.76 Å². The highest BCUT2D eigenvalue weighted by molar-refractivity contribution is 7.10. The van der Waals surface area contributed by atoms with E-state index in [1.165, 1.54) is 10.4 Å². The van der Waals surface area contributed by atoms with Gasteiger partial charge in [-0.25, -0.2) is 4.79 Å². The van der Waals surface area contributed by atoms with E-state index >= 15 is 0 Å². The largest absolute Gasteiger partial charge is 0.360 e. The van der Waals surface area contributed by atoms with Crippen molar-refractivity contribution in [2.75, 3.05) is 11.9 Å². The molecule has 0 radical (unpaired) electrons. The predicted octanol–water partition coefficient (Wildman–Crippen LogP) is 3.20. The Morgan fingerprint density at radius 1 is 1.63 bits per heavy atom. The van der Waals surface area contributed by atoms with Crippen molar-refractivity contribution in [3.63, 3.8) is 0 Å². The Labute approximate surface area is 115 Å². The van der Waals surface area contributed by atoms with Crippen molar-refractivity contribution in [3.05, 3.63) is 33.7 Å². The number of nitrogens with one attached hydrogen (secondary N) is 1. The maximum atomic E-state index is 12.3. The van der Waals surface area contributed by atoms with E-state index in [4.69, 9.17) is 4.52 Å². The number of aromatic nitrogens is 1. The fourth-order valence-corrected chi connectivity index (χ4v) is 3.36. The minimum atomic E-state index is -0.127. The van der Waals surface area contributed by atoms with Gasteiger partial charge >= 0.3 is 6.03 Å². The number of anilines is 1. The molecule has 0 saturated carbocycles. The molecule has 2 aromatic rings. The van der Waals surface area contributed by atoms with Gasteiger partial charge < -0.3 is 9.42 Å². The number of nitrogens with zero attached hydrogens (tertiary/aromatic N) is 2. The van der Waals surface area contributed by atoms with E-state index in [0.29, 0.717) is 11.6 Å². The molecule has 3 heterocycles. The molecule has 1 unspecified atom stereocenters. The lowest BCUT2D eigenvalue weighted by atomic mass is 10.0. The van der Waals surface area contributed by atoms with Crippen molar-refractivity contribution in [1.29, 1.82) is 0 Å². The van der Waals surface area contributed by atoms with Crippen molar-refractivity contribution in [1.82, 2.24) is 10.1 Å². The Balaban J connectivity index is 1.74. The highest BCUT2D eigenvalue weighted by Crippen LogP contribution is 2.33. The second kappa shape index (κ2) is 4.70. The van der Waals surface area contributed by atoms with Crippen LogP contribution in [0.1, 0.15) is 29.2 Å². The Morgan fingerprint density at radius 2 is 2.47 bits per heavy atom. The van der Waals surface area contributed by atoms with Crippen molar-refractivity contribution in [2.45, 2.75) is 26.3 Å². The van der Waals surface area contributed by atoms with Gasteiger partial charge in [0, 0.05) is 17.5 Å². The van der Waals surface area contributed by atoms with Crippen LogP contribution in [0.5, 0.6) is 0 Å². The first-order valence-corrected chi connectivity index (χ1v) is 7.10. The zero-order chi connectivity index (χ0) is 13.4. The molecular weight excluding hydrogens is 262 g/mol. The van der Waals surface area contributed by atoms with Crippen molar-refractivity contribution in [2.24, 2.45) is 0 Å². The molecular formula is C13H15N3O2S.